The van der Waals surface area contributed by atoms with Gasteiger partial charge in [-0.3, -0.25) is 0 Å². The Bertz CT molecular complexity index is 361. The Morgan fingerprint density at radius 1 is 1.33 bits per heavy atom. The van der Waals surface area contributed by atoms with E-state index in [1.54, 1.807) is 0 Å². The number of benzene rings is 1. The number of nitrogens with one attached hydrogen (secondary N) is 1. The van der Waals surface area contributed by atoms with E-state index in [0.717, 1.165) is 38.5 Å². The van der Waals surface area contributed by atoms with Crippen molar-refractivity contribution in [3.63, 3.8) is 0 Å². The van der Waals surface area contributed by atoms with Gasteiger partial charge in [-0.2, -0.15) is 0 Å². The van der Waals surface area contributed by atoms with Gasteiger partial charge in [0.15, 0.2) is 0 Å². The van der Waals surface area contributed by atoms with Gasteiger partial charge in [0, 0.05) is 6.54 Å². The van der Waals surface area contributed by atoms with Crippen LogP contribution in [0.25, 0.3) is 0 Å². The van der Waals surface area contributed by atoms with Crippen LogP contribution in [0.2, 0.25) is 0 Å². The lowest BCUT2D eigenvalue weighted by Gasteiger charge is -2.29. The third kappa shape index (κ3) is 1.73. The summed E-state index contributed by atoms with van der Waals surface area (Å²) in [5.41, 5.74) is 2.75. The van der Waals surface area contributed by atoms with Crippen molar-refractivity contribution in [3.05, 3.63) is 29.3 Å². The Morgan fingerprint density at radius 2 is 2.27 bits per heavy atom. The van der Waals surface area contributed by atoms with E-state index >= 15 is 0 Å². The van der Waals surface area contributed by atoms with Crippen LogP contribution in [-0.4, -0.2) is 25.9 Å². The largest absolute Gasteiger partial charge is 0.485 e. The summed E-state index contributed by atoms with van der Waals surface area (Å²) in [7, 11) is 0. The van der Waals surface area contributed by atoms with Gasteiger partial charge in [-0.15, -0.1) is 0 Å². The SMILES string of the molecule is c1cc2c(c(OC3COC3)c1)CCNC2. The summed E-state index contributed by atoms with van der Waals surface area (Å²) in [5.74, 6) is 1.06. The van der Waals surface area contributed by atoms with Gasteiger partial charge in [-0.1, -0.05) is 12.1 Å². The summed E-state index contributed by atoms with van der Waals surface area (Å²) in [5, 5.41) is 3.37. The first kappa shape index (κ1) is 9.19. The third-order valence-electron chi connectivity index (χ3n) is 3.00. The summed E-state index contributed by atoms with van der Waals surface area (Å²) in [6, 6.07) is 6.31. The maximum Gasteiger partial charge on any atom is 0.145 e. The molecule has 2 aliphatic rings. The van der Waals surface area contributed by atoms with E-state index in [0.29, 0.717) is 0 Å². The first-order chi connectivity index (χ1) is 7.43. The fraction of sp³-hybridized carbons (Fsp3) is 0.500. The number of rotatable bonds is 2. The Hall–Kier alpha value is -1.06. The van der Waals surface area contributed by atoms with Crippen molar-refractivity contribution in [2.75, 3.05) is 19.8 Å². The molecule has 1 N–H and O–H groups in total. The smallest absolute Gasteiger partial charge is 0.145 e. The molecule has 1 aromatic carbocycles. The molecule has 2 aliphatic heterocycles. The molecule has 1 saturated heterocycles. The Kier molecular flexibility index (Phi) is 2.35. The molecule has 0 unspecified atom stereocenters. The first-order valence-electron chi connectivity index (χ1n) is 5.49. The highest BCUT2D eigenvalue weighted by Crippen LogP contribution is 2.27. The number of hydrogen-bond donors (Lipinski definition) is 1. The second-order valence-corrected chi connectivity index (χ2v) is 4.10. The molecule has 3 rings (SSSR count). The van der Waals surface area contributed by atoms with Gasteiger partial charge in [0.25, 0.3) is 0 Å². The molecule has 3 heteroatoms. The summed E-state index contributed by atoms with van der Waals surface area (Å²) in [4.78, 5) is 0. The number of hydrogen-bond acceptors (Lipinski definition) is 3. The highest BCUT2D eigenvalue weighted by atomic mass is 16.6. The van der Waals surface area contributed by atoms with Gasteiger partial charge in [-0.05, 0) is 30.2 Å². The normalized spacial score (nSPS) is 20.5. The number of fused-ring (bicyclic) bond motifs is 1. The molecule has 0 bridgehead atoms. The third-order valence-corrected chi connectivity index (χ3v) is 3.00. The molecule has 0 radical (unpaired) electrons. The molecular formula is C12H15NO2. The number of ether oxygens (including phenoxy) is 2. The van der Waals surface area contributed by atoms with Crippen molar-refractivity contribution >= 4 is 0 Å². The minimum absolute atomic E-state index is 0.270. The van der Waals surface area contributed by atoms with Crippen molar-refractivity contribution in [3.8, 4) is 5.75 Å². The molecule has 1 fully saturated rings. The van der Waals surface area contributed by atoms with Gasteiger partial charge in [0.05, 0.1) is 13.2 Å². The van der Waals surface area contributed by atoms with Crippen LogP contribution >= 0.6 is 0 Å². The molecule has 15 heavy (non-hydrogen) atoms. The Balaban J connectivity index is 1.85. The van der Waals surface area contributed by atoms with Crippen LogP contribution < -0.4 is 10.1 Å². The van der Waals surface area contributed by atoms with E-state index in [-0.39, 0.29) is 6.10 Å². The van der Waals surface area contributed by atoms with E-state index in [4.69, 9.17) is 9.47 Å². The average molecular weight is 205 g/mol. The predicted molar refractivity (Wildman–Crippen MR) is 57.1 cm³/mol. The Morgan fingerprint density at radius 3 is 3.07 bits per heavy atom. The van der Waals surface area contributed by atoms with Crippen molar-refractivity contribution < 1.29 is 9.47 Å². The molecule has 0 spiro atoms. The monoisotopic (exact) mass is 205 g/mol. The molecule has 1 aromatic rings. The van der Waals surface area contributed by atoms with Gasteiger partial charge in [0.2, 0.25) is 0 Å². The first-order valence-corrected chi connectivity index (χ1v) is 5.49. The maximum absolute atomic E-state index is 5.90. The quantitative estimate of drug-likeness (QED) is 0.784. The molecule has 0 aromatic heterocycles. The zero-order valence-corrected chi connectivity index (χ0v) is 8.66. The summed E-state index contributed by atoms with van der Waals surface area (Å²) in [6.45, 7) is 3.49. The zero-order chi connectivity index (χ0) is 10.1. The van der Waals surface area contributed by atoms with E-state index in [1.807, 2.05) is 0 Å². The van der Waals surface area contributed by atoms with E-state index in [1.165, 1.54) is 11.1 Å². The van der Waals surface area contributed by atoms with Gasteiger partial charge in [-0.25, -0.2) is 0 Å². The minimum Gasteiger partial charge on any atom is -0.485 e. The topological polar surface area (TPSA) is 30.5 Å². The van der Waals surface area contributed by atoms with Crippen molar-refractivity contribution in [2.45, 2.75) is 19.1 Å². The van der Waals surface area contributed by atoms with E-state index in [9.17, 15) is 0 Å². The van der Waals surface area contributed by atoms with Gasteiger partial charge >= 0.3 is 0 Å². The van der Waals surface area contributed by atoms with Gasteiger partial charge < -0.3 is 14.8 Å². The molecule has 0 amide bonds. The lowest BCUT2D eigenvalue weighted by atomic mass is 10.00. The maximum atomic E-state index is 5.90. The lowest BCUT2D eigenvalue weighted by molar-refractivity contribution is -0.0800. The molecule has 0 atom stereocenters. The molecule has 0 saturated carbocycles. The van der Waals surface area contributed by atoms with Crippen LogP contribution in [0.3, 0.4) is 0 Å². The van der Waals surface area contributed by atoms with E-state index in [2.05, 4.69) is 23.5 Å². The summed E-state index contributed by atoms with van der Waals surface area (Å²) >= 11 is 0. The second-order valence-electron chi connectivity index (χ2n) is 4.10. The molecule has 0 aliphatic carbocycles. The molecule has 80 valence electrons. The summed E-state index contributed by atoms with van der Waals surface area (Å²) < 4.78 is 11.0. The van der Waals surface area contributed by atoms with Crippen molar-refractivity contribution in [1.82, 2.24) is 5.32 Å². The Labute approximate surface area is 89.4 Å². The lowest BCUT2D eigenvalue weighted by Crippen LogP contribution is -2.39. The van der Waals surface area contributed by atoms with Crippen molar-refractivity contribution in [1.29, 1.82) is 0 Å². The van der Waals surface area contributed by atoms with Crippen LogP contribution in [0.4, 0.5) is 0 Å². The molecule has 3 nitrogen and oxygen atoms in total. The zero-order valence-electron chi connectivity index (χ0n) is 8.66. The standard InChI is InChI=1S/C12H15NO2/c1-2-9-6-13-5-4-11(9)12(3-1)15-10-7-14-8-10/h1-3,10,13H,4-8H2. The van der Waals surface area contributed by atoms with Crippen LogP contribution in [0, 0.1) is 0 Å². The molecule has 2 heterocycles. The second kappa shape index (κ2) is 3.83. The minimum atomic E-state index is 0.270. The van der Waals surface area contributed by atoms with Crippen LogP contribution in [0.1, 0.15) is 11.1 Å². The molecular weight excluding hydrogens is 190 g/mol. The average Bonchev–Trinajstić information content (AvgIpc) is 2.23. The van der Waals surface area contributed by atoms with Crippen LogP contribution in [0.15, 0.2) is 18.2 Å². The van der Waals surface area contributed by atoms with E-state index < -0.39 is 0 Å². The van der Waals surface area contributed by atoms with Crippen LogP contribution in [-0.2, 0) is 17.7 Å². The highest BCUT2D eigenvalue weighted by Gasteiger charge is 2.22. The highest BCUT2D eigenvalue weighted by molar-refractivity contribution is 5.41. The predicted octanol–water partition coefficient (Wildman–Crippen LogP) is 1.11. The van der Waals surface area contributed by atoms with Crippen molar-refractivity contribution in [2.24, 2.45) is 0 Å². The van der Waals surface area contributed by atoms with Gasteiger partial charge in [0.1, 0.15) is 11.9 Å². The fourth-order valence-electron chi connectivity index (χ4n) is 2.07. The van der Waals surface area contributed by atoms with Crippen LogP contribution in [0.5, 0.6) is 5.75 Å². The summed E-state index contributed by atoms with van der Waals surface area (Å²) in [6.07, 6.45) is 1.34. The fourth-order valence-corrected chi connectivity index (χ4v) is 2.07.